The topological polar surface area (TPSA) is 95.0 Å². The summed E-state index contributed by atoms with van der Waals surface area (Å²) in [6, 6.07) is 16.7. The molecule has 7 nitrogen and oxygen atoms in total. The van der Waals surface area contributed by atoms with Crippen LogP contribution in [0.1, 0.15) is 29.9 Å². The lowest BCUT2D eigenvalue weighted by Crippen LogP contribution is -2.60. The van der Waals surface area contributed by atoms with Gasteiger partial charge in [-0.05, 0) is 79.3 Å². The summed E-state index contributed by atoms with van der Waals surface area (Å²) >= 11 is 18.2. The number of nitrogens with zero attached hydrogens (tertiary/aromatic N) is 2. The largest absolute Gasteiger partial charge is 0.507 e. The van der Waals surface area contributed by atoms with E-state index in [4.69, 9.17) is 23.2 Å². The molecule has 3 fully saturated rings. The van der Waals surface area contributed by atoms with E-state index >= 15 is 0 Å². The first-order valence-electron chi connectivity index (χ1n) is 14.7. The fourth-order valence-corrected chi connectivity index (χ4v) is 8.94. The van der Waals surface area contributed by atoms with Crippen LogP contribution in [0, 0.1) is 23.6 Å². The van der Waals surface area contributed by atoms with E-state index in [2.05, 4.69) is 22.5 Å². The van der Waals surface area contributed by atoms with E-state index in [-0.39, 0.29) is 35.7 Å². The molecule has 46 heavy (non-hydrogen) atoms. The highest BCUT2D eigenvalue weighted by Crippen LogP contribution is 2.66. The fraction of sp³-hybridized carbons (Fsp3) is 0.257. The van der Waals surface area contributed by atoms with Crippen molar-refractivity contribution in [2.75, 3.05) is 9.80 Å². The Morgan fingerprint density at radius 2 is 1.57 bits per heavy atom. The molecular weight excluding hydrogens is 698 g/mol. The summed E-state index contributed by atoms with van der Waals surface area (Å²) < 4.78 is 14.6. The number of para-hydroxylation sites is 1. The highest BCUT2D eigenvalue weighted by Gasteiger charge is 2.77. The molecule has 6 atom stereocenters. The van der Waals surface area contributed by atoms with Crippen molar-refractivity contribution < 1.29 is 28.7 Å². The number of imide groups is 2. The minimum Gasteiger partial charge on any atom is -0.507 e. The number of amides is 4. The molecule has 234 valence electrons. The Balaban J connectivity index is 1.42. The Bertz CT molecular complexity index is 1880. The molecule has 0 bridgehead atoms. The highest BCUT2D eigenvalue weighted by atomic mass is 79.9. The van der Waals surface area contributed by atoms with Gasteiger partial charge < -0.3 is 5.11 Å². The standard InChI is InChI=1S/C35H26BrCl2FN2O5/c1-2-4-18-5-3-6-25(29(18)42)28-23-15-16-24-27(31(44)40(30(24)43)21-11-7-19(36)8-12-21)26(23)17-34(37)32(45)41(33(46)35(28,34)38)22-13-9-20(39)10-14-22/h2-3,5-15,24,26-28,42H,1,4,16-17H2. The third-order valence-corrected chi connectivity index (χ3v) is 11.7. The molecule has 2 aliphatic heterocycles. The van der Waals surface area contributed by atoms with Crippen molar-refractivity contribution in [3.05, 3.63) is 112 Å². The maximum Gasteiger partial charge on any atom is 0.258 e. The van der Waals surface area contributed by atoms with E-state index in [0.29, 0.717) is 23.2 Å². The molecule has 4 aliphatic rings. The number of anilines is 2. The smallest absolute Gasteiger partial charge is 0.258 e. The van der Waals surface area contributed by atoms with Crippen LogP contribution in [0.25, 0.3) is 0 Å². The number of phenolic OH excluding ortho intramolecular Hbond substituents is 1. The van der Waals surface area contributed by atoms with Crippen LogP contribution in [-0.2, 0) is 25.6 Å². The second-order valence-electron chi connectivity index (χ2n) is 12.1. The van der Waals surface area contributed by atoms with Crippen LogP contribution >= 0.6 is 39.1 Å². The van der Waals surface area contributed by atoms with E-state index in [1.807, 2.05) is 6.08 Å². The average molecular weight is 724 g/mol. The number of rotatable bonds is 5. The Kier molecular flexibility index (Phi) is 7.30. The molecule has 2 aliphatic carbocycles. The predicted molar refractivity (Wildman–Crippen MR) is 175 cm³/mol. The summed E-state index contributed by atoms with van der Waals surface area (Å²) in [5, 5.41) is 11.6. The predicted octanol–water partition coefficient (Wildman–Crippen LogP) is 6.79. The summed E-state index contributed by atoms with van der Waals surface area (Å²) in [6.07, 6.45) is 3.71. The number of benzene rings is 3. The van der Waals surface area contributed by atoms with Crippen LogP contribution < -0.4 is 9.80 Å². The third kappa shape index (κ3) is 4.14. The number of hydrogen-bond acceptors (Lipinski definition) is 5. The molecule has 0 aromatic heterocycles. The van der Waals surface area contributed by atoms with E-state index in [0.717, 1.165) is 21.5 Å². The molecular formula is C35H26BrCl2FN2O5. The van der Waals surface area contributed by atoms with E-state index in [1.165, 1.54) is 17.0 Å². The number of hydrogen-bond donors (Lipinski definition) is 1. The highest BCUT2D eigenvalue weighted by molar-refractivity contribution is 9.10. The van der Waals surface area contributed by atoms with Crippen LogP contribution in [0.5, 0.6) is 5.75 Å². The molecule has 0 radical (unpaired) electrons. The van der Waals surface area contributed by atoms with Crippen molar-refractivity contribution >= 4 is 74.1 Å². The van der Waals surface area contributed by atoms with Gasteiger partial charge in [-0.1, -0.05) is 51.9 Å². The van der Waals surface area contributed by atoms with E-state index in [1.54, 1.807) is 48.5 Å². The van der Waals surface area contributed by atoms with Gasteiger partial charge in [-0.25, -0.2) is 9.29 Å². The maximum absolute atomic E-state index is 14.5. The lowest BCUT2D eigenvalue weighted by atomic mass is 9.56. The molecule has 3 aromatic rings. The quantitative estimate of drug-likeness (QED) is 0.178. The Morgan fingerprint density at radius 3 is 2.24 bits per heavy atom. The molecule has 2 saturated heterocycles. The van der Waals surface area contributed by atoms with Gasteiger partial charge in [-0.2, -0.15) is 0 Å². The first kappa shape index (κ1) is 30.8. The number of halogens is 4. The Labute approximate surface area is 282 Å². The van der Waals surface area contributed by atoms with Gasteiger partial charge in [0.15, 0.2) is 9.75 Å². The number of allylic oxidation sites excluding steroid dienone is 3. The molecule has 6 unspecified atom stereocenters. The zero-order valence-corrected chi connectivity index (χ0v) is 27.2. The van der Waals surface area contributed by atoms with Crippen LogP contribution in [0.15, 0.2) is 95.5 Å². The van der Waals surface area contributed by atoms with Crippen molar-refractivity contribution in [2.24, 2.45) is 17.8 Å². The van der Waals surface area contributed by atoms with Gasteiger partial charge in [0.1, 0.15) is 11.6 Å². The SMILES string of the molecule is C=CCc1cccc(C2C3=CCC4C(=O)N(c5ccc(Br)cc5)C(=O)C4C3CC3(Cl)C(=O)N(c4ccc(F)cc4)C(=O)C23Cl)c1O. The van der Waals surface area contributed by atoms with Crippen molar-refractivity contribution in [3.63, 3.8) is 0 Å². The van der Waals surface area contributed by atoms with Gasteiger partial charge >= 0.3 is 0 Å². The number of alkyl halides is 2. The van der Waals surface area contributed by atoms with E-state index < -0.39 is 57.0 Å². The Hall–Kier alpha value is -3.79. The Morgan fingerprint density at radius 1 is 0.913 bits per heavy atom. The molecule has 2 heterocycles. The molecule has 1 N–H and O–H groups in total. The summed E-state index contributed by atoms with van der Waals surface area (Å²) in [4.78, 5) is 54.6. The summed E-state index contributed by atoms with van der Waals surface area (Å²) in [5.41, 5.74) is 1.83. The van der Waals surface area contributed by atoms with Crippen molar-refractivity contribution in [1.29, 1.82) is 0 Å². The number of phenols is 1. The zero-order chi connectivity index (χ0) is 32.7. The van der Waals surface area contributed by atoms with Crippen LogP contribution in [0.3, 0.4) is 0 Å². The normalized spacial score (nSPS) is 30.2. The van der Waals surface area contributed by atoms with Crippen LogP contribution in [0.4, 0.5) is 15.8 Å². The molecule has 3 aromatic carbocycles. The van der Waals surface area contributed by atoms with Gasteiger partial charge in [-0.15, -0.1) is 29.8 Å². The van der Waals surface area contributed by atoms with Gasteiger partial charge in [0, 0.05) is 16.0 Å². The molecule has 1 saturated carbocycles. The number of fused-ring (bicyclic) bond motifs is 4. The van der Waals surface area contributed by atoms with Crippen LogP contribution in [-0.4, -0.2) is 38.5 Å². The zero-order valence-electron chi connectivity index (χ0n) is 24.1. The van der Waals surface area contributed by atoms with Gasteiger partial charge in [-0.3, -0.25) is 24.1 Å². The minimum absolute atomic E-state index is 0.0811. The monoisotopic (exact) mass is 722 g/mol. The second-order valence-corrected chi connectivity index (χ2v) is 14.2. The first-order valence-corrected chi connectivity index (χ1v) is 16.3. The third-order valence-electron chi connectivity index (χ3n) is 9.81. The van der Waals surface area contributed by atoms with Crippen LogP contribution in [0.2, 0.25) is 0 Å². The summed E-state index contributed by atoms with van der Waals surface area (Å²) in [6.45, 7) is 3.76. The van der Waals surface area contributed by atoms with Crippen molar-refractivity contribution in [3.8, 4) is 5.75 Å². The first-order chi connectivity index (χ1) is 21.9. The van der Waals surface area contributed by atoms with Crippen molar-refractivity contribution in [2.45, 2.75) is 34.9 Å². The molecule has 4 amide bonds. The molecule has 11 heteroatoms. The lowest BCUT2D eigenvalue weighted by Gasteiger charge is -2.50. The maximum atomic E-state index is 14.5. The molecule has 0 spiro atoms. The minimum atomic E-state index is -2.14. The number of carbonyl (C=O) groups is 4. The summed E-state index contributed by atoms with van der Waals surface area (Å²) in [5.74, 6) is -6.70. The lowest BCUT2D eigenvalue weighted by molar-refractivity contribution is -0.125. The van der Waals surface area contributed by atoms with Gasteiger partial charge in [0.25, 0.3) is 11.8 Å². The molecule has 7 rings (SSSR count). The second kappa shape index (κ2) is 10.9. The summed E-state index contributed by atoms with van der Waals surface area (Å²) in [7, 11) is 0. The number of aromatic hydroxyl groups is 1. The van der Waals surface area contributed by atoms with Crippen molar-refractivity contribution in [1.82, 2.24) is 0 Å². The van der Waals surface area contributed by atoms with Gasteiger partial charge in [0.05, 0.1) is 23.2 Å². The van der Waals surface area contributed by atoms with E-state index in [9.17, 15) is 28.7 Å². The number of carbonyl (C=O) groups excluding carboxylic acids is 4. The fourth-order valence-electron chi connectivity index (χ4n) is 7.75. The average Bonchev–Trinajstić information content (AvgIpc) is 3.37. The van der Waals surface area contributed by atoms with Gasteiger partial charge in [0.2, 0.25) is 11.8 Å².